The Morgan fingerprint density at radius 1 is 0.698 bits per heavy atom. The monoisotopic (exact) mass is 613 g/mol. The highest BCUT2D eigenvalue weighted by Gasteiger charge is 2.27. The Morgan fingerprint density at radius 3 is 1.86 bits per heavy atom. The number of aliphatic hydroxyl groups excluding tert-OH is 2. The lowest BCUT2D eigenvalue weighted by molar-refractivity contribution is 0.0614. The summed E-state index contributed by atoms with van der Waals surface area (Å²) in [6, 6.07) is 25.2. The molecule has 0 unspecified atom stereocenters. The maximum atomic E-state index is 9.52. The molecule has 7 rings (SSSR count). The van der Waals surface area contributed by atoms with Gasteiger partial charge in [0.15, 0.2) is 11.5 Å². The number of hydrogen-bond acceptors (Lipinski definition) is 6. The van der Waals surface area contributed by atoms with Crippen molar-refractivity contribution in [3.8, 4) is 33.4 Å². The highest BCUT2D eigenvalue weighted by Crippen LogP contribution is 2.42. The average Bonchev–Trinajstić information content (AvgIpc) is 3.39. The topological polar surface area (TPSA) is 94.7 Å². The van der Waals surface area contributed by atoms with Gasteiger partial charge >= 0.3 is 0 Å². The second-order valence-corrected chi connectivity index (χ2v) is 12.4. The Hall–Kier alpha value is -3.30. The summed E-state index contributed by atoms with van der Waals surface area (Å²) in [5.41, 5.74) is 7.50. The van der Waals surface area contributed by atoms with Gasteiger partial charge in [-0.25, -0.2) is 9.50 Å². The number of hydrogen-bond donors (Lipinski definition) is 4. The number of nitrogens with one attached hydrogen (secondary N) is 2. The van der Waals surface area contributed by atoms with Gasteiger partial charge in [0, 0.05) is 47.1 Å². The van der Waals surface area contributed by atoms with E-state index >= 15 is 0 Å². The molecule has 4 N–H and O–H groups in total. The normalized spacial score (nSPS) is 21.5. The fraction of sp³-hybridized carbons (Fsp3) is 0.294. The fourth-order valence-corrected chi connectivity index (χ4v) is 6.58. The van der Waals surface area contributed by atoms with Gasteiger partial charge in [-0.1, -0.05) is 83.9 Å². The van der Waals surface area contributed by atoms with Crippen molar-refractivity contribution in [2.24, 2.45) is 0 Å². The Balaban J connectivity index is 1.11. The molecule has 0 radical (unpaired) electrons. The quantitative estimate of drug-likeness (QED) is 0.157. The predicted molar refractivity (Wildman–Crippen MR) is 171 cm³/mol. The van der Waals surface area contributed by atoms with Crippen LogP contribution in [0.2, 0.25) is 10.0 Å². The number of pyridine rings is 1. The van der Waals surface area contributed by atoms with Gasteiger partial charge in [0.25, 0.3) is 0 Å². The van der Waals surface area contributed by atoms with Crippen molar-refractivity contribution >= 4 is 28.8 Å². The van der Waals surface area contributed by atoms with Gasteiger partial charge in [-0.2, -0.15) is 0 Å². The lowest BCUT2D eigenvalue weighted by Gasteiger charge is -2.32. The van der Waals surface area contributed by atoms with Gasteiger partial charge in [-0.05, 0) is 54.5 Å². The first kappa shape index (κ1) is 28.5. The molecule has 43 heavy (non-hydrogen) atoms. The third-order valence-corrected chi connectivity index (χ3v) is 9.43. The molecule has 5 aromatic rings. The molecular formula is C34H33Cl2N5O2. The number of aromatic nitrogens is 3. The number of benzene rings is 3. The van der Waals surface area contributed by atoms with Crippen LogP contribution in [0.1, 0.15) is 37.1 Å². The maximum Gasteiger partial charge on any atom is 0.165 e. The van der Waals surface area contributed by atoms with E-state index in [0.717, 1.165) is 71.3 Å². The van der Waals surface area contributed by atoms with Crippen molar-refractivity contribution < 1.29 is 10.2 Å². The Morgan fingerprint density at radius 2 is 1.26 bits per heavy atom. The number of aliphatic hydroxyl groups is 2. The Bertz CT molecular complexity index is 1760. The van der Waals surface area contributed by atoms with Crippen LogP contribution in [-0.2, 0) is 13.1 Å². The standard InChI is InChI=1S/C34H33Cl2N5O2/c35-33-27(21-9-7-20(8-10-21)18-37-23-14-25(42)15-23)3-1-5-29(33)30-6-2-4-28(34(30)36)22-11-12-41-32(13-22)39-31(40-41)19-38-24-16-26(43)17-24/h1-13,23-26,37-38,42-43H,14-19H2. The Kier molecular flexibility index (Phi) is 7.95. The average molecular weight is 615 g/mol. The van der Waals surface area contributed by atoms with Crippen molar-refractivity contribution in [2.45, 2.75) is 63.1 Å². The summed E-state index contributed by atoms with van der Waals surface area (Å²) in [5, 5.41) is 31.8. The molecule has 2 aliphatic carbocycles. The van der Waals surface area contributed by atoms with Crippen LogP contribution < -0.4 is 10.6 Å². The molecular weight excluding hydrogens is 581 g/mol. The molecule has 2 aliphatic rings. The third-order valence-electron chi connectivity index (χ3n) is 8.62. The lowest BCUT2D eigenvalue weighted by Crippen LogP contribution is -2.43. The van der Waals surface area contributed by atoms with Crippen LogP contribution in [0.15, 0.2) is 79.0 Å². The van der Waals surface area contributed by atoms with Gasteiger partial charge in [0.2, 0.25) is 0 Å². The molecule has 2 fully saturated rings. The summed E-state index contributed by atoms with van der Waals surface area (Å²) < 4.78 is 1.77. The molecule has 2 heterocycles. The van der Waals surface area contributed by atoms with Crippen LogP contribution in [-0.4, -0.2) is 49.1 Å². The van der Waals surface area contributed by atoms with Gasteiger partial charge < -0.3 is 20.8 Å². The minimum absolute atomic E-state index is 0.157. The van der Waals surface area contributed by atoms with E-state index < -0.39 is 0 Å². The predicted octanol–water partition coefficient (Wildman–Crippen LogP) is 6.26. The number of rotatable bonds is 9. The van der Waals surface area contributed by atoms with E-state index in [1.54, 1.807) is 4.52 Å². The first-order valence-corrected chi connectivity index (χ1v) is 15.5. The number of halogens is 2. The molecule has 7 nitrogen and oxygen atoms in total. The van der Waals surface area contributed by atoms with Crippen LogP contribution in [0.5, 0.6) is 0 Å². The first-order valence-electron chi connectivity index (χ1n) is 14.8. The molecule has 2 aromatic heterocycles. The van der Waals surface area contributed by atoms with Crippen LogP contribution in [0.4, 0.5) is 0 Å². The SMILES string of the molecule is OC1CC(NCc2ccc(-c3cccc(-c4cccc(-c5ccn6nc(CNC7CC(O)C7)nc6c5)c4Cl)c3Cl)cc2)C1. The molecule has 0 atom stereocenters. The van der Waals surface area contributed by atoms with E-state index in [1.807, 2.05) is 54.7 Å². The second-order valence-electron chi connectivity index (χ2n) is 11.7. The zero-order chi connectivity index (χ0) is 29.5. The van der Waals surface area contributed by atoms with E-state index in [9.17, 15) is 10.2 Å². The molecule has 9 heteroatoms. The summed E-state index contributed by atoms with van der Waals surface area (Å²) >= 11 is 14.1. The summed E-state index contributed by atoms with van der Waals surface area (Å²) in [5.74, 6) is 0.712. The summed E-state index contributed by atoms with van der Waals surface area (Å²) in [6.07, 6.45) is 4.75. The second kappa shape index (κ2) is 12.0. The molecule has 0 bridgehead atoms. The summed E-state index contributed by atoms with van der Waals surface area (Å²) in [7, 11) is 0. The van der Waals surface area contributed by atoms with Crippen LogP contribution in [0.3, 0.4) is 0 Å². The van der Waals surface area contributed by atoms with Crippen LogP contribution in [0.25, 0.3) is 39.0 Å². The van der Waals surface area contributed by atoms with Gasteiger partial charge in [0.05, 0.1) is 28.8 Å². The van der Waals surface area contributed by atoms with E-state index in [4.69, 9.17) is 28.2 Å². The fourth-order valence-electron chi connectivity index (χ4n) is 5.90. The first-order chi connectivity index (χ1) is 20.9. The zero-order valence-electron chi connectivity index (χ0n) is 23.5. The molecule has 0 spiro atoms. The molecule has 0 saturated heterocycles. The van der Waals surface area contributed by atoms with Crippen molar-refractivity contribution in [2.75, 3.05) is 0 Å². The molecule has 2 saturated carbocycles. The highest BCUT2D eigenvalue weighted by atomic mass is 35.5. The summed E-state index contributed by atoms with van der Waals surface area (Å²) in [4.78, 5) is 4.70. The van der Waals surface area contributed by atoms with Gasteiger partial charge in [-0.15, -0.1) is 5.10 Å². The van der Waals surface area contributed by atoms with Crippen LogP contribution >= 0.6 is 23.2 Å². The third kappa shape index (κ3) is 5.94. The van der Waals surface area contributed by atoms with Crippen molar-refractivity contribution in [1.29, 1.82) is 0 Å². The smallest absolute Gasteiger partial charge is 0.165 e. The number of nitrogens with zero attached hydrogens (tertiary/aromatic N) is 3. The maximum absolute atomic E-state index is 9.52. The van der Waals surface area contributed by atoms with Crippen molar-refractivity contribution in [3.63, 3.8) is 0 Å². The Labute approximate surface area is 260 Å². The largest absolute Gasteiger partial charge is 0.393 e. The lowest BCUT2D eigenvalue weighted by atomic mass is 9.89. The van der Waals surface area contributed by atoms with Crippen molar-refractivity contribution in [1.82, 2.24) is 25.2 Å². The minimum atomic E-state index is -0.194. The van der Waals surface area contributed by atoms with E-state index in [2.05, 4.69) is 40.0 Å². The molecule has 3 aromatic carbocycles. The minimum Gasteiger partial charge on any atom is -0.393 e. The molecule has 0 aliphatic heterocycles. The van der Waals surface area contributed by atoms with E-state index in [-0.39, 0.29) is 12.2 Å². The van der Waals surface area contributed by atoms with Gasteiger partial charge in [-0.3, -0.25) is 0 Å². The molecule has 0 amide bonds. The zero-order valence-corrected chi connectivity index (χ0v) is 25.1. The highest BCUT2D eigenvalue weighted by molar-refractivity contribution is 6.39. The van der Waals surface area contributed by atoms with E-state index in [0.29, 0.717) is 34.5 Å². The van der Waals surface area contributed by atoms with E-state index in [1.165, 1.54) is 5.56 Å². The molecule has 220 valence electrons. The van der Waals surface area contributed by atoms with Crippen molar-refractivity contribution in [3.05, 3.63) is 100 Å². The van der Waals surface area contributed by atoms with Gasteiger partial charge in [0.1, 0.15) is 0 Å². The van der Waals surface area contributed by atoms with Crippen LogP contribution in [0, 0.1) is 0 Å². The number of fused-ring (bicyclic) bond motifs is 1. The summed E-state index contributed by atoms with van der Waals surface area (Å²) in [6.45, 7) is 1.34.